The van der Waals surface area contributed by atoms with Gasteiger partial charge in [-0.1, -0.05) is 75.1 Å². The van der Waals surface area contributed by atoms with Crippen LogP contribution >= 0.6 is 0 Å². The molecule has 3 nitrogen and oxygen atoms in total. The van der Waals surface area contributed by atoms with E-state index in [2.05, 4.69) is 104 Å². The molecule has 1 aliphatic rings. The first-order valence-electron chi connectivity index (χ1n) is 13.1. The molecular formula is C33H50FN3. The Balaban J connectivity index is 0.000000764. The van der Waals surface area contributed by atoms with E-state index in [0.29, 0.717) is 18.4 Å². The van der Waals surface area contributed by atoms with Gasteiger partial charge >= 0.3 is 0 Å². The standard InChI is InChI=1S/C20H31FN2.C9H10.C2H7N.C2H2/c1-15(2)6-7-19(18-8-11-22-16(18)3)17-9-12-23(13-10-17)14-20(4,5)21;1-3-9-6-4-8(2)5-7-9;1-3-2;1-2/h6-8,11,15,17,22H,3,9-10,12-14H2,1-2,4-5H3;3-7H,1H2,2H3;3H,1-2H3;1-2H/b7-6-,19-18+;;;. The van der Waals surface area contributed by atoms with E-state index in [-0.39, 0.29) is 0 Å². The van der Waals surface area contributed by atoms with Crippen molar-refractivity contribution in [3.63, 3.8) is 0 Å². The number of hydrogen-bond donors (Lipinski definition) is 2. The third-order valence-electron chi connectivity index (χ3n) is 5.74. The summed E-state index contributed by atoms with van der Waals surface area (Å²) in [6.45, 7) is 20.0. The molecule has 0 bridgehead atoms. The van der Waals surface area contributed by atoms with Gasteiger partial charge in [0.2, 0.25) is 0 Å². The molecule has 0 unspecified atom stereocenters. The summed E-state index contributed by atoms with van der Waals surface area (Å²) >= 11 is 0. The molecule has 1 fully saturated rings. The van der Waals surface area contributed by atoms with Crippen LogP contribution in [-0.2, 0) is 0 Å². The van der Waals surface area contributed by atoms with Gasteiger partial charge in [0.15, 0.2) is 0 Å². The number of piperidine rings is 1. The van der Waals surface area contributed by atoms with Gasteiger partial charge in [-0.2, -0.15) is 0 Å². The highest BCUT2D eigenvalue weighted by atomic mass is 19.1. The van der Waals surface area contributed by atoms with Crippen molar-refractivity contribution in [2.24, 2.45) is 11.8 Å². The Morgan fingerprint density at radius 1 is 1.16 bits per heavy atom. The molecule has 1 aromatic heterocycles. The highest BCUT2D eigenvalue weighted by Crippen LogP contribution is 2.27. The number of rotatable bonds is 6. The zero-order chi connectivity index (χ0) is 28.4. The summed E-state index contributed by atoms with van der Waals surface area (Å²) in [6.07, 6.45) is 18.5. The first kappa shape index (κ1) is 34.1. The molecular weight excluding hydrogens is 457 g/mol. The second kappa shape index (κ2) is 18.4. The number of allylic oxidation sites excluding steroid dienone is 2. The number of H-pyrrole nitrogens is 1. The minimum Gasteiger partial charge on any atom is -0.362 e. The largest absolute Gasteiger partial charge is 0.362 e. The number of nitrogens with zero attached hydrogens (tertiary/aromatic N) is 1. The molecule has 0 atom stereocenters. The van der Waals surface area contributed by atoms with Gasteiger partial charge < -0.3 is 15.2 Å². The fourth-order valence-corrected chi connectivity index (χ4v) is 4.05. The highest BCUT2D eigenvalue weighted by Gasteiger charge is 2.26. The van der Waals surface area contributed by atoms with Crippen LogP contribution in [0, 0.1) is 31.6 Å². The number of aryl methyl sites for hydroxylation is 1. The molecule has 0 radical (unpaired) electrons. The zero-order valence-corrected chi connectivity index (χ0v) is 24.3. The summed E-state index contributed by atoms with van der Waals surface area (Å²) in [5.74, 6) is 1.06. The van der Waals surface area contributed by atoms with E-state index in [4.69, 9.17) is 0 Å². The lowest BCUT2D eigenvalue weighted by Gasteiger charge is -2.35. The number of alkyl halides is 1. The normalized spacial score (nSPS) is 15.0. The monoisotopic (exact) mass is 507 g/mol. The second-order valence-electron chi connectivity index (χ2n) is 10.3. The lowest BCUT2D eigenvalue weighted by molar-refractivity contribution is 0.103. The van der Waals surface area contributed by atoms with Gasteiger partial charge in [0.1, 0.15) is 5.67 Å². The van der Waals surface area contributed by atoms with E-state index in [1.807, 2.05) is 26.4 Å². The van der Waals surface area contributed by atoms with Gasteiger partial charge in [0.25, 0.3) is 0 Å². The van der Waals surface area contributed by atoms with Gasteiger partial charge in [-0.05, 0) is 89.8 Å². The SMILES string of the molecule is C#C.C=Cc1ccc(C)cc1.C=c1[nH]cc/c1=C(/C=C\C(C)C)C1CCN(CC(C)(C)F)CC1.CNC. The Morgan fingerprint density at radius 3 is 2.11 bits per heavy atom. The van der Waals surface area contributed by atoms with Crippen LogP contribution in [-0.4, -0.2) is 49.3 Å². The summed E-state index contributed by atoms with van der Waals surface area (Å²) in [5.41, 5.74) is 2.74. The average Bonchev–Trinajstić information content (AvgIpc) is 3.27. The molecule has 0 amide bonds. The Labute approximate surface area is 226 Å². The van der Waals surface area contributed by atoms with Crippen molar-refractivity contribution in [2.45, 2.75) is 53.1 Å². The molecule has 204 valence electrons. The van der Waals surface area contributed by atoms with Crippen molar-refractivity contribution in [1.82, 2.24) is 15.2 Å². The van der Waals surface area contributed by atoms with Crippen LogP contribution in [0.25, 0.3) is 18.2 Å². The van der Waals surface area contributed by atoms with Crippen molar-refractivity contribution in [3.8, 4) is 12.8 Å². The van der Waals surface area contributed by atoms with Gasteiger partial charge in [0, 0.05) is 23.3 Å². The Morgan fingerprint density at radius 2 is 1.70 bits per heavy atom. The predicted octanol–water partition coefficient (Wildman–Crippen LogP) is 5.97. The maximum Gasteiger partial charge on any atom is 0.118 e. The molecule has 4 heteroatoms. The van der Waals surface area contributed by atoms with Crippen LogP contribution < -0.4 is 15.9 Å². The third kappa shape index (κ3) is 14.5. The molecule has 1 saturated heterocycles. The fourth-order valence-electron chi connectivity index (χ4n) is 4.05. The van der Waals surface area contributed by atoms with E-state index in [1.165, 1.54) is 21.9 Å². The summed E-state index contributed by atoms with van der Waals surface area (Å²) in [5, 5.41) is 4.96. The van der Waals surface area contributed by atoms with Gasteiger partial charge in [-0.25, -0.2) is 4.39 Å². The predicted molar refractivity (Wildman–Crippen MR) is 163 cm³/mol. The summed E-state index contributed by atoms with van der Waals surface area (Å²) in [6, 6.07) is 10.4. The van der Waals surface area contributed by atoms with Crippen molar-refractivity contribution >= 4 is 18.2 Å². The smallest absolute Gasteiger partial charge is 0.118 e. The minimum absolute atomic E-state index is 0.528. The summed E-state index contributed by atoms with van der Waals surface area (Å²) in [7, 11) is 3.75. The van der Waals surface area contributed by atoms with Crippen molar-refractivity contribution in [1.29, 1.82) is 0 Å². The van der Waals surface area contributed by atoms with Crippen LogP contribution in [0.3, 0.4) is 0 Å². The van der Waals surface area contributed by atoms with Crippen molar-refractivity contribution in [2.75, 3.05) is 33.7 Å². The topological polar surface area (TPSA) is 31.1 Å². The Hall–Kier alpha value is -2.87. The van der Waals surface area contributed by atoms with Crippen LogP contribution in [0.2, 0.25) is 0 Å². The highest BCUT2D eigenvalue weighted by molar-refractivity contribution is 5.59. The molecule has 3 rings (SSSR count). The lowest BCUT2D eigenvalue weighted by atomic mass is 9.87. The number of aromatic nitrogens is 1. The third-order valence-corrected chi connectivity index (χ3v) is 5.74. The second-order valence-corrected chi connectivity index (χ2v) is 10.3. The molecule has 0 aliphatic carbocycles. The van der Waals surface area contributed by atoms with E-state index in [0.717, 1.165) is 31.3 Å². The number of hydrogen-bond acceptors (Lipinski definition) is 2. The maximum absolute atomic E-state index is 13.8. The molecule has 2 N–H and O–H groups in total. The quantitative estimate of drug-likeness (QED) is 0.472. The van der Waals surface area contributed by atoms with Crippen molar-refractivity contribution in [3.05, 3.63) is 77.0 Å². The number of likely N-dealkylation sites (tertiary alicyclic amines) is 1. The summed E-state index contributed by atoms with van der Waals surface area (Å²) in [4.78, 5) is 5.44. The number of terminal acetylenes is 1. The number of nitrogens with one attached hydrogen (secondary N) is 2. The molecule has 0 spiro atoms. The Bertz CT molecular complexity index is 1030. The maximum atomic E-state index is 13.8. The van der Waals surface area contributed by atoms with Crippen LogP contribution in [0.4, 0.5) is 4.39 Å². The van der Waals surface area contributed by atoms with Crippen LogP contribution in [0.5, 0.6) is 0 Å². The molecule has 2 heterocycles. The number of aromatic amines is 1. The first-order valence-corrected chi connectivity index (χ1v) is 13.1. The summed E-state index contributed by atoms with van der Waals surface area (Å²) < 4.78 is 13.8. The van der Waals surface area contributed by atoms with E-state index in [1.54, 1.807) is 13.8 Å². The van der Waals surface area contributed by atoms with Crippen molar-refractivity contribution < 1.29 is 4.39 Å². The average molecular weight is 508 g/mol. The van der Waals surface area contributed by atoms with Gasteiger partial charge in [-0.3, -0.25) is 0 Å². The van der Waals surface area contributed by atoms with Gasteiger partial charge in [0.05, 0.1) is 0 Å². The fraction of sp³-hybridized carbons (Fsp3) is 0.455. The number of benzene rings is 1. The van der Waals surface area contributed by atoms with E-state index < -0.39 is 5.67 Å². The molecule has 2 aromatic rings. The first-order chi connectivity index (χ1) is 17.5. The zero-order valence-electron chi connectivity index (χ0n) is 24.3. The lowest BCUT2D eigenvalue weighted by Crippen LogP contribution is -2.41. The van der Waals surface area contributed by atoms with Crippen LogP contribution in [0.1, 0.15) is 51.7 Å². The molecule has 1 aromatic carbocycles. The van der Waals surface area contributed by atoms with E-state index >= 15 is 0 Å². The van der Waals surface area contributed by atoms with Crippen LogP contribution in [0.15, 0.2) is 55.3 Å². The molecule has 1 aliphatic heterocycles. The minimum atomic E-state index is -1.11. The number of halogens is 1. The molecule has 0 saturated carbocycles. The Kier molecular flexibility index (Phi) is 17.0. The van der Waals surface area contributed by atoms with E-state index in [9.17, 15) is 4.39 Å². The van der Waals surface area contributed by atoms with Gasteiger partial charge in [-0.15, -0.1) is 12.8 Å². The molecule has 37 heavy (non-hydrogen) atoms.